The molecule has 0 aliphatic carbocycles. The topological polar surface area (TPSA) is 37.8 Å². The van der Waals surface area contributed by atoms with Crippen LogP contribution in [-0.2, 0) is 6.42 Å². The molecule has 0 unspecified atom stereocenters. The third kappa shape index (κ3) is 4.05. The Morgan fingerprint density at radius 1 is 1.11 bits per heavy atom. The molecule has 3 heteroatoms. The smallest absolute Gasteiger partial charge is 0.223 e. The van der Waals surface area contributed by atoms with E-state index in [4.69, 9.17) is 0 Å². The number of nitrogens with one attached hydrogen (secondary N) is 1. The van der Waals surface area contributed by atoms with E-state index in [1.807, 2.05) is 19.1 Å². The Labute approximate surface area is 115 Å². The molecule has 1 aromatic carbocycles. The van der Waals surface area contributed by atoms with E-state index in [1.165, 1.54) is 5.56 Å². The maximum atomic E-state index is 4.54. The van der Waals surface area contributed by atoms with Gasteiger partial charge in [0.15, 0.2) is 0 Å². The van der Waals surface area contributed by atoms with Gasteiger partial charge in [-0.05, 0) is 30.9 Å². The molecule has 2 aromatic rings. The number of anilines is 1. The van der Waals surface area contributed by atoms with E-state index in [0.717, 1.165) is 30.3 Å². The van der Waals surface area contributed by atoms with Gasteiger partial charge in [-0.2, -0.15) is 0 Å². The molecule has 1 N–H and O–H groups in total. The summed E-state index contributed by atoms with van der Waals surface area (Å²) in [4.78, 5) is 8.97. The lowest BCUT2D eigenvalue weighted by Crippen LogP contribution is -2.10. The highest BCUT2D eigenvalue weighted by Crippen LogP contribution is 2.14. The second kappa shape index (κ2) is 6.32. The lowest BCUT2D eigenvalue weighted by molar-refractivity contribution is 0.807. The van der Waals surface area contributed by atoms with Crippen LogP contribution in [0.15, 0.2) is 36.4 Å². The number of nitrogens with zero attached hydrogens (tertiary/aromatic N) is 2. The van der Waals surface area contributed by atoms with Crippen molar-refractivity contribution >= 4 is 5.95 Å². The molecule has 19 heavy (non-hydrogen) atoms. The van der Waals surface area contributed by atoms with Crippen LogP contribution in [0.1, 0.15) is 36.7 Å². The second-order valence-corrected chi connectivity index (χ2v) is 5.07. The third-order valence-corrected chi connectivity index (χ3v) is 3.01. The highest BCUT2D eigenvalue weighted by molar-refractivity contribution is 5.29. The molecule has 0 aliphatic heterocycles. The molecule has 0 aliphatic rings. The quantitative estimate of drug-likeness (QED) is 0.887. The van der Waals surface area contributed by atoms with Crippen LogP contribution in [0.3, 0.4) is 0 Å². The molecule has 0 spiro atoms. The predicted molar refractivity (Wildman–Crippen MR) is 79.5 cm³/mol. The van der Waals surface area contributed by atoms with Crippen LogP contribution in [-0.4, -0.2) is 16.5 Å². The molecule has 0 atom stereocenters. The summed E-state index contributed by atoms with van der Waals surface area (Å²) in [5, 5.41) is 3.31. The molecule has 3 nitrogen and oxygen atoms in total. The Morgan fingerprint density at radius 3 is 2.53 bits per heavy atom. The zero-order chi connectivity index (χ0) is 13.7. The van der Waals surface area contributed by atoms with E-state index >= 15 is 0 Å². The van der Waals surface area contributed by atoms with E-state index < -0.39 is 0 Å². The maximum Gasteiger partial charge on any atom is 0.223 e. The van der Waals surface area contributed by atoms with Gasteiger partial charge >= 0.3 is 0 Å². The van der Waals surface area contributed by atoms with Crippen molar-refractivity contribution in [3.05, 3.63) is 53.3 Å². The zero-order valence-electron chi connectivity index (χ0n) is 11.9. The van der Waals surface area contributed by atoms with Crippen molar-refractivity contribution in [3.63, 3.8) is 0 Å². The van der Waals surface area contributed by atoms with Crippen LogP contribution in [0.25, 0.3) is 0 Å². The summed E-state index contributed by atoms with van der Waals surface area (Å²) in [6.07, 6.45) is 0.981. The fourth-order valence-corrected chi connectivity index (χ4v) is 1.93. The molecule has 0 saturated carbocycles. The predicted octanol–water partition coefficient (Wildman–Crippen LogP) is 3.56. The van der Waals surface area contributed by atoms with Crippen LogP contribution < -0.4 is 5.32 Å². The molecule has 0 fully saturated rings. The number of hydrogen-bond acceptors (Lipinski definition) is 3. The Balaban J connectivity index is 1.96. The molecule has 1 heterocycles. The van der Waals surface area contributed by atoms with E-state index in [0.29, 0.717) is 5.92 Å². The van der Waals surface area contributed by atoms with Gasteiger partial charge in [-0.3, -0.25) is 0 Å². The molecule has 0 radical (unpaired) electrons. The van der Waals surface area contributed by atoms with E-state index in [-0.39, 0.29) is 0 Å². The first-order chi connectivity index (χ1) is 9.15. The Bertz CT molecular complexity index is 521. The Kier molecular flexibility index (Phi) is 4.50. The Morgan fingerprint density at radius 2 is 1.84 bits per heavy atom. The number of aromatic nitrogens is 2. The minimum absolute atomic E-state index is 0.427. The Hall–Kier alpha value is -1.90. The molecular formula is C16H21N3. The normalized spacial score (nSPS) is 10.7. The number of rotatable bonds is 5. The van der Waals surface area contributed by atoms with Crippen LogP contribution in [0, 0.1) is 6.92 Å². The number of aryl methyl sites for hydroxylation is 1. The first kappa shape index (κ1) is 13.5. The summed E-state index contributed by atoms with van der Waals surface area (Å²) >= 11 is 0. The van der Waals surface area contributed by atoms with E-state index in [9.17, 15) is 0 Å². The van der Waals surface area contributed by atoms with Crippen molar-refractivity contribution in [2.24, 2.45) is 0 Å². The van der Waals surface area contributed by atoms with Crippen LogP contribution >= 0.6 is 0 Å². The van der Waals surface area contributed by atoms with Gasteiger partial charge < -0.3 is 5.32 Å². The largest absolute Gasteiger partial charge is 0.354 e. The summed E-state index contributed by atoms with van der Waals surface area (Å²) < 4.78 is 0. The van der Waals surface area contributed by atoms with Gasteiger partial charge in [0.1, 0.15) is 0 Å². The van der Waals surface area contributed by atoms with E-state index in [1.54, 1.807) is 0 Å². The molecule has 0 saturated heterocycles. The highest BCUT2D eigenvalue weighted by atomic mass is 15.1. The van der Waals surface area contributed by atoms with Gasteiger partial charge in [0, 0.05) is 17.9 Å². The molecule has 2 rings (SSSR count). The van der Waals surface area contributed by atoms with Crippen LogP contribution in [0.5, 0.6) is 0 Å². The number of hydrogen-bond donors (Lipinski definition) is 1. The van der Waals surface area contributed by atoms with Crippen molar-refractivity contribution in [3.8, 4) is 0 Å². The summed E-state index contributed by atoms with van der Waals surface area (Å²) in [7, 11) is 0. The van der Waals surface area contributed by atoms with Crippen molar-refractivity contribution in [2.75, 3.05) is 11.9 Å². The van der Waals surface area contributed by atoms with Gasteiger partial charge in [-0.1, -0.05) is 44.2 Å². The second-order valence-electron chi connectivity index (χ2n) is 5.07. The fourth-order valence-electron chi connectivity index (χ4n) is 1.93. The summed E-state index contributed by atoms with van der Waals surface area (Å²) in [5.74, 6) is 1.16. The fraction of sp³-hybridized carbons (Fsp3) is 0.375. The number of benzene rings is 1. The first-order valence-electron chi connectivity index (χ1n) is 6.78. The van der Waals surface area contributed by atoms with Crippen molar-refractivity contribution < 1.29 is 0 Å². The van der Waals surface area contributed by atoms with Gasteiger partial charge in [0.05, 0.1) is 0 Å². The van der Waals surface area contributed by atoms with Gasteiger partial charge in [-0.25, -0.2) is 9.97 Å². The standard InChI is InChI=1S/C16H21N3/c1-12(2)15-11-13(3)18-16(19-15)17-10-9-14-7-5-4-6-8-14/h4-8,11-12H,9-10H2,1-3H3,(H,17,18,19). The van der Waals surface area contributed by atoms with Gasteiger partial charge in [-0.15, -0.1) is 0 Å². The SMILES string of the molecule is Cc1cc(C(C)C)nc(NCCc2ccccc2)n1. The zero-order valence-corrected chi connectivity index (χ0v) is 11.9. The summed E-state index contributed by atoms with van der Waals surface area (Å²) in [6.45, 7) is 7.16. The minimum atomic E-state index is 0.427. The lowest BCUT2D eigenvalue weighted by Gasteiger charge is -2.10. The van der Waals surface area contributed by atoms with Crippen LogP contribution in [0.2, 0.25) is 0 Å². The lowest BCUT2D eigenvalue weighted by atomic mass is 10.1. The van der Waals surface area contributed by atoms with Gasteiger partial charge in [0.2, 0.25) is 5.95 Å². The van der Waals surface area contributed by atoms with Gasteiger partial charge in [0.25, 0.3) is 0 Å². The minimum Gasteiger partial charge on any atom is -0.354 e. The molecule has 100 valence electrons. The van der Waals surface area contributed by atoms with Crippen molar-refractivity contribution in [1.29, 1.82) is 0 Å². The van der Waals surface area contributed by atoms with Crippen LogP contribution in [0.4, 0.5) is 5.95 Å². The third-order valence-electron chi connectivity index (χ3n) is 3.01. The van der Waals surface area contributed by atoms with Crippen molar-refractivity contribution in [1.82, 2.24) is 9.97 Å². The summed E-state index contributed by atoms with van der Waals surface area (Å²) in [5.41, 5.74) is 3.43. The van der Waals surface area contributed by atoms with Crippen molar-refractivity contribution in [2.45, 2.75) is 33.1 Å². The average Bonchev–Trinajstić information content (AvgIpc) is 2.39. The summed E-state index contributed by atoms with van der Waals surface area (Å²) in [6, 6.07) is 12.5. The molecule has 0 amide bonds. The van der Waals surface area contributed by atoms with E-state index in [2.05, 4.69) is 53.4 Å². The maximum absolute atomic E-state index is 4.54. The highest BCUT2D eigenvalue weighted by Gasteiger charge is 2.05. The molecular weight excluding hydrogens is 234 g/mol. The molecule has 0 bridgehead atoms. The first-order valence-corrected chi connectivity index (χ1v) is 6.78. The average molecular weight is 255 g/mol. The monoisotopic (exact) mass is 255 g/mol. The molecule has 1 aromatic heterocycles.